The van der Waals surface area contributed by atoms with E-state index < -0.39 is 0 Å². The lowest BCUT2D eigenvalue weighted by molar-refractivity contribution is 0.193. The lowest BCUT2D eigenvalue weighted by Gasteiger charge is -2.20. The number of aliphatic hydroxyl groups is 1. The molecule has 0 fully saturated rings. The molecule has 1 rings (SSSR count). The zero-order chi connectivity index (χ0) is 10.9. The molecule has 0 aromatic heterocycles. The molecule has 0 aliphatic rings. The van der Waals surface area contributed by atoms with E-state index in [9.17, 15) is 0 Å². The molecule has 1 aromatic rings. The molecule has 1 N–H and O–H groups in total. The van der Waals surface area contributed by atoms with Gasteiger partial charge in [-0.05, 0) is 5.56 Å². The van der Waals surface area contributed by atoms with Crippen molar-refractivity contribution in [3.8, 4) is 12.3 Å². The average molecular weight is 203 g/mol. The number of rotatable bonds is 6. The summed E-state index contributed by atoms with van der Waals surface area (Å²) in [6.45, 7) is 2.54. The molecule has 0 heterocycles. The number of nitrogens with zero attached hydrogens (tertiary/aromatic N) is 1. The second-order valence-electron chi connectivity index (χ2n) is 3.44. The Morgan fingerprint density at radius 2 is 1.93 bits per heavy atom. The molecule has 0 radical (unpaired) electrons. The van der Waals surface area contributed by atoms with E-state index in [0.29, 0.717) is 6.54 Å². The van der Waals surface area contributed by atoms with Gasteiger partial charge in [-0.2, -0.15) is 0 Å². The zero-order valence-electron chi connectivity index (χ0n) is 8.89. The van der Waals surface area contributed by atoms with Crippen molar-refractivity contribution in [2.24, 2.45) is 0 Å². The third-order valence-corrected chi connectivity index (χ3v) is 2.24. The van der Waals surface area contributed by atoms with E-state index in [1.165, 1.54) is 5.56 Å². The van der Waals surface area contributed by atoms with Gasteiger partial charge >= 0.3 is 0 Å². The van der Waals surface area contributed by atoms with Crippen molar-refractivity contribution in [1.82, 2.24) is 4.90 Å². The van der Waals surface area contributed by atoms with Crippen LogP contribution in [0.25, 0.3) is 0 Å². The van der Waals surface area contributed by atoms with Gasteiger partial charge in [0.2, 0.25) is 0 Å². The third-order valence-electron chi connectivity index (χ3n) is 2.24. The fourth-order valence-corrected chi connectivity index (χ4v) is 1.48. The zero-order valence-corrected chi connectivity index (χ0v) is 8.89. The first-order valence-electron chi connectivity index (χ1n) is 5.17. The van der Waals surface area contributed by atoms with Crippen LogP contribution >= 0.6 is 0 Å². The summed E-state index contributed by atoms with van der Waals surface area (Å²) in [6.07, 6.45) is 5.96. The standard InChI is InChI=1S/C13H17NO/c1-2-3-9-14(10-11-15)12-13-7-5-4-6-8-13/h1,4-8,15H,3,9-12H2. The van der Waals surface area contributed by atoms with E-state index in [1.807, 2.05) is 18.2 Å². The van der Waals surface area contributed by atoms with Crippen molar-refractivity contribution in [1.29, 1.82) is 0 Å². The van der Waals surface area contributed by atoms with Crippen molar-refractivity contribution in [2.75, 3.05) is 19.7 Å². The van der Waals surface area contributed by atoms with Crippen molar-refractivity contribution in [2.45, 2.75) is 13.0 Å². The molecule has 0 atom stereocenters. The SMILES string of the molecule is C#CCCN(CCO)Cc1ccccc1. The summed E-state index contributed by atoms with van der Waals surface area (Å²) < 4.78 is 0. The molecule has 0 amide bonds. The van der Waals surface area contributed by atoms with E-state index in [0.717, 1.165) is 19.5 Å². The lowest BCUT2D eigenvalue weighted by atomic mass is 10.2. The molecule has 2 heteroatoms. The van der Waals surface area contributed by atoms with Gasteiger partial charge in [-0.1, -0.05) is 30.3 Å². The fraction of sp³-hybridized carbons (Fsp3) is 0.385. The van der Waals surface area contributed by atoms with Gasteiger partial charge < -0.3 is 5.11 Å². The van der Waals surface area contributed by atoms with Gasteiger partial charge in [-0.3, -0.25) is 4.90 Å². The highest BCUT2D eigenvalue weighted by Gasteiger charge is 2.03. The number of benzene rings is 1. The van der Waals surface area contributed by atoms with Gasteiger partial charge in [0, 0.05) is 26.1 Å². The minimum Gasteiger partial charge on any atom is -0.395 e. The molecule has 0 bridgehead atoms. The number of hydrogen-bond donors (Lipinski definition) is 1. The van der Waals surface area contributed by atoms with Crippen molar-refractivity contribution in [3.05, 3.63) is 35.9 Å². The molecular formula is C13H17NO. The molecule has 1 aromatic carbocycles. The molecular weight excluding hydrogens is 186 g/mol. The quantitative estimate of drug-likeness (QED) is 0.708. The highest BCUT2D eigenvalue weighted by molar-refractivity contribution is 5.14. The summed E-state index contributed by atoms with van der Waals surface area (Å²) in [5, 5.41) is 8.92. The van der Waals surface area contributed by atoms with E-state index >= 15 is 0 Å². The molecule has 0 unspecified atom stereocenters. The normalized spacial score (nSPS) is 10.2. The number of aliphatic hydroxyl groups excluding tert-OH is 1. The summed E-state index contributed by atoms with van der Waals surface area (Å²) in [7, 11) is 0. The highest BCUT2D eigenvalue weighted by atomic mass is 16.3. The molecule has 2 nitrogen and oxygen atoms in total. The Balaban J connectivity index is 2.47. The first kappa shape index (κ1) is 11.8. The molecule has 0 aliphatic carbocycles. The van der Waals surface area contributed by atoms with E-state index in [1.54, 1.807) is 0 Å². The summed E-state index contributed by atoms with van der Waals surface area (Å²) in [5.41, 5.74) is 1.25. The first-order chi connectivity index (χ1) is 7.36. The molecule has 0 aliphatic heterocycles. The van der Waals surface area contributed by atoms with Crippen LogP contribution in [0.1, 0.15) is 12.0 Å². The van der Waals surface area contributed by atoms with Crippen LogP contribution < -0.4 is 0 Å². The second-order valence-corrected chi connectivity index (χ2v) is 3.44. The minimum absolute atomic E-state index is 0.178. The van der Waals surface area contributed by atoms with Gasteiger partial charge in [0.15, 0.2) is 0 Å². The van der Waals surface area contributed by atoms with Gasteiger partial charge in [-0.25, -0.2) is 0 Å². The van der Waals surface area contributed by atoms with Crippen molar-refractivity contribution < 1.29 is 5.11 Å². The summed E-state index contributed by atoms with van der Waals surface area (Å²) >= 11 is 0. The van der Waals surface area contributed by atoms with E-state index in [-0.39, 0.29) is 6.61 Å². The maximum absolute atomic E-state index is 8.92. The largest absolute Gasteiger partial charge is 0.395 e. The van der Waals surface area contributed by atoms with Crippen molar-refractivity contribution in [3.63, 3.8) is 0 Å². The van der Waals surface area contributed by atoms with Crippen LogP contribution in [0.15, 0.2) is 30.3 Å². The molecule has 0 saturated heterocycles. The molecule has 0 saturated carbocycles. The Labute approximate surface area is 91.5 Å². The van der Waals surface area contributed by atoms with Crippen LogP contribution in [0.4, 0.5) is 0 Å². The second kappa shape index (κ2) is 7.05. The summed E-state index contributed by atoms with van der Waals surface area (Å²) in [5.74, 6) is 2.62. The van der Waals surface area contributed by atoms with Crippen LogP contribution in [0.2, 0.25) is 0 Å². The maximum Gasteiger partial charge on any atom is 0.0558 e. The molecule has 15 heavy (non-hydrogen) atoms. The predicted molar refractivity (Wildman–Crippen MR) is 62.3 cm³/mol. The topological polar surface area (TPSA) is 23.5 Å². The average Bonchev–Trinajstić information content (AvgIpc) is 2.28. The van der Waals surface area contributed by atoms with E-state index in [4.69, 9.17) is 11.5 Å². The lowest BCUT2D eigenvalue weighted by Crippen LogP contribution is -2.27. The molecule has 80 valence electrons. The van der Waals surface area contributed by atoms with Gasteiger partial charge in [0.1, 0.15) is 0 Å². The smallest absolute Gasteiger partial charge is 0.0558 e. The van der Waals surface area contributed by atoms with Crippen LogP contribution in [0, 0.1) is 12.3 Å². The van der Waals surface area contributed by atoms with Crippen LogP contribution in [-0.4, -0.2) is 29.7 Å². The summed E-state index contributed by atoms with van der Waals surface area (Å²) in [4.78, 5) is 2.16. The Morgan fingerprint density at radius 1 is 1.20 bits per heavy atom. The Morgan fingerprint density at radius 3 is 2.53 bits per heavy atom. The Bertz CT molecular complexity index is 302. The predicted octanol–water partition coefficient (Wildman–Crippen LogP) is 1.50. The number of hydrogen-bond acceptors (Lipinski definition) is 2. The Kier molecular flexibility index (Phi) is 5.54. The summed E-state index contributed by atoms with van der Waals surface area (Å²) in [6, 6.07) is 10.2. The van der Waals surface area contributed by atoms with Gasteiger partial charge in [0.25, 0.3) is 0 Å². The van der Waals surface area contributed by atoms with Gasteiger partial charge in [0.05, 0.1) is 6.61 Å². The van der Waals surface area contributed by atoms with Crippen molar-refractivity contribution >= 4 is 0 Å². The number of terminal acetylenes is 1. The fourth-order valence-electron chi connectivity index (χ4n) is 1.48. The van der Waals surface area contributed by atoms with Crippen LogP contribution in [0.5, 0.6) is 0 Å². The highest BCUT2D eigenvalue weighted by Crippen LogP contribution is 2.04. The first-order valence-corrected chi connectivity index (χ1v) is 5.17. The van der Waals surface area contributed by atoms with Crippen LogP contribution in [-0.2, 0) is 6.54 Å². The third kappa shape index (κ3) is 4.64. The monoisotopic (exact) mass is 203 g/mol. The maximum atomic E-state index is 8.92. The Hall–Kier alpha value is -1.30. The van der Waals surface area contributed by atoms with E-state index in [2.05, 4.69) is 23.0 Å². The minimum atomic E-state index is 0.178. The van der Waals surface area contributed by atoms with Crippen LogP contribution in [0.3, 0.4) is 0 Å². The molecule has 0 spiro atoms. The van der Waals surface area contributed by atoms with Gasteiger partial charge in [-0.15, -0.1) is 12.3 Å².